The summed E-state index contributed by atoms with van der Waals surface area (Å²) in [6.07, 6.45) is 1.95. The molecule has 0 unspecified atom stereocenters. The molecule has 0 heterocycles. The number of halogens is 2. The number of amides is 1. The van der Waals surface area contributed by atoms with Crippen LogP contribution in [0.3, 0.4) is 0 Å². The zero-order valence-electron chi connectivity index (χ0n) is 17.0. The normalized spacial score (nSPS) is 11.7. The highest BCUT2D eigenvalue weighted by atomic mass is 79.9. The van der Waals surface area contributed by atoms with Gasteiger partial charge in [0, 0.05) is 16.0 Å². The molecule has 6 nitrogen and oxygen atoms in total. The van der Waals surface area contributed by atoms with Gasteiger partial charge in [0.25, 0.3) is 5.91 Å². The molecule has 3 aromatic rings. The maximum absolute atomic E-state index is 13.2. The van der Waals surface area contributed by atoms with Gasteiger partial charge in [-0.1, -0.05) is 70.0 Å². The molecule has 1 amide bonds. The SMILES string of the molecule is O=C(CN(CCc1ccccc1)S(=O)(=O)c1ccc(Cl)cc1)NN=Cc1ccc(Br)cc1. The predicted octanol–water partition coefficient (Wildman–Crippen LogP) is 4.49. The Morgan fingerprint density at radius 1 is 1.00 bits per heavy atom. The number of hydrogen-bond donors (Lipinski definition) is 1. The Balaban J connectivity index is 1.72. The largest absolute Gasteiger partial charge is 0.272 e. The van der Waals surface area contributed by atoms with Crippen molar-refractivity contribution in [3.8, 4) is 0 Å². The summed E-state index contributed by atoms with van der Waals surface area (Å²) in [7, 11) is -3.91. The van der Waals surface area contributed by atoms with Crippen molar-refractivity contribution in [1.29, 1.82) is 0 Å². The summed E-state index contributed by atoms with van der Waals surface area (Å²) in [5.41, 5.74) is 4.16. The lowest BCUT2D eigenvalue weighted by molar-refractivity contribution is -0.121. The number of carbonyl (C=O) groups is 1. The first kappa shape index (κ1) is 24.1. The van der Waals surface area contributed by atoms with E-state index < -0.39 is 15.9 Å². The molecule has 0 fully saturated rings. The van der Waals surface area contributed by atoms with Gasteiger partial charge in [0.15, 0.2) is 0 Å². The van der Waals surface area contributed by atoms with Crippen molar-refractivity contribution < 1.29 is 13.2 Å². The van der Waals surface area contributed by atoms with Gasteiger partial charge in [0.05, 0.1) is 17.7 Å². The molecule has 32 heavy (non-hydrogen) atoms. The molecule has 0 spiro atoms. The molecule has 3 rings (SSSR count). The average molecular weight is 535 g/mol. The van der Waals surface area contributed by atoms with Crippen LogP contribution in [0.25, 0.3) is 0 Å². The third kappa shape index (κ3) is 7.00. The van der Waals surface area contributed by atoms with E-state index in [1.807, 2.05) is 54.6 Å². The zero-order chi connectivity index (χ0) is 23.0. The minimum atomic E-state index is -3.91. The van der Waals surface area contributed by atoms with Crippen LogP contribution in [-0.2, 0) is 21.2 Å². The summed E-state index contributed by atoms with van der Waals surface area (Å²) in [6, 6.07) is 22.7. The maximum atomic E-state index is 13.2. The monoisotopic (exact) mass is 533 g/mol. The summed E-state index contributed by atoms with van der Waals surface area (Å²) in [4.78, 5) is 12.6. The van der Waals surface area contributed by atoms with E-state index >= 15 is 0 Å². The predicted molar refractivity (Wildman–Crippen MR) is 130 cm³/mol. The molecule has 0 aromatic heterocycles. The molecule has 0 aliphatic carbocycles. The van der Waals surface area contributed by atoms with E-state index in [-0.39, 0.29) is 18.0 Å². The first-order valence-corrected chi connectivity index (χ1v) is 12.3. The molecule has 0 bridgehead atoms. The van der Waals surface area contributed by atoms with Crippen molar-refractivity contribution in [3.63, 3.8) is 0 Å². The van der Waals surface area contributed by atoms with Crippen LogP contribution in [0.5, 0.6) is 0 Å². The minimum absolute atomic E-state index is 0.0705. The van der Waals surface area contributed by atoms with Crippen LogP contribution < -0.4 is 5.43 Å². The molecule has 0 aliphatic heterocycles. The van der Waals surface area contributed by atoms with Gasteiger partial charge in [-0.25, -0.2) is 13.8 Å². The van der Waals surface area contributed by atoms with Crippen molar-refractivity contribution in [2.75, 3.05) is 13.1 Å². The third-order valence-electron chi connectivity index (χ3n) is 4.54. The first-order valence-electron chi connectivity index (χ1n) is 9.72. The van der Waals surface area contributed by atoms with Crippen molar-refractivity contribution in [1.82, 2.24) is 9.73 Å². The van der Waals surface area contributed by atoms with Crippen molar-refractivity contribution in [2.45, 2.75) is 11.3 Å². The Hall–Kier alpha value is -2.52. The molecule has 166 valence electrons. The summed E-state index contributed by atoms with van der Waals surface area (Å²) >= 11 is 9.25. The average Bonchev–Trinajstić information content (AvgIpc) is 2.79. The van der Waals surface area contributed by atoms with Gasteiger partial charge in [-0.15, -0.1) is 0 Å². The van der Waals surface area contributed by atoms with E-state index in [2.05, 4.69) is 26.5 Å². The lowest BCUT2D eigenvalue weighted by Crippen LogP contribution is -2.40. The summed E-state index contributed by atoms with van der Waals surface area (Å²) in [5.74, 6) is -0.538. The lowest BCUT2D eigenvalue weighted by atomic mass is 10.1. The molecule has 9 heteroatoms. The molecule has 1 N–H and O–H groups in total. The number of benzene rings is 3. The highest BCUT2D eigenvalue weighted by Crippen LogP contribution is 2.19. The van der Waals surface area contributed by atoms with Gasteiger partial charge < -0.3 is 0 Å². The molecule has 0 aliphatic rings. The highest BCUT2D eigenvalue weighted by Gasteiger charge is 2.26. The number of rotatable bonds is 9. The number of nitrogens with one attached hydrogen (secondary N) is 1. The fourth-order valence-electron chi connectivity index (χ4n) is 2.86. The second kappa shape index (κ2) is 11.4. The lowest BCUT2D eigenvalue weighted by Gasteiger charge is -2.21. The second-order valence-electron chi connectivity index (χ2n) is 6.87. The van der Waals surface area contributed by atoms with Crippen LogP contribution in [-0.4, -0.2) is 37.9 Å². The Morgan fingerprint density at radius 3 is 2.31 bits per heavy atom. The third-order valence-corrected chi connectivity index (χ3v) is 7.18. The second-order valence-corrected chi connectivity index (χ2v) is 10.2. The molecule has 0 radical (unpaired) electrons. The van der Waals surface area contributed by atoms with E-state index in [1.54, 1.807) is 0 Å². The van der Waals surface area contributed by atoms with Crippen LogP contribution in [0.2, 0.25) is 5.02 Å². The number of sulfonamides is 1. The zero-order valence-corrected chi connectivity index (χ0v) is 20.1. The topological polar surface area (TPSA) is 78.8 Å². The fraction of sp³-hybridized carbons (Fsp3) is 0.130. The molecule has 0 saturated heterocycles. The molecule has 0 saturated carbocycles. The smallest absolute Gasteiger partial charge is 0.255 e. The van der Waals surface area contributed by atoms with Crippen molar-refractivity contribution in [3.05, 3.63) is 99.5 Å². The van der Waals surface area contributed by atoms with Gasteiger partial charge in [-0.3, -0.25) is 4.79 Å². The van der Waals surface area contributed by atoms with Crippen LogP contribution in [0, 0.1) is 0 Å². The van der Waals surface area contributed by atoms with E-state index in [4.69, 9.17) is 11.6 Å². The van der Waals surface area contributed by atoms with Crippen LogP contribution in [0.1, 0.15) is 11.1 Å². The van der Waals surface area contributed by atoms with E-state index in [1.165, 1.54) is 30.5 Å². The van der Waals surface area contributed by atoms with Gasteiger partial charge in [0.2, 0.25) is 10.0 Å². The molecule has 3 aromatic carbocycles. The number of carbonyl (C=O) groups excluding carboxylic acids is 1. The van der Waals surface area contributed by atoms with Crippen molar-refractivity contribution in [2.24, 2.45) is 5.10 Å². The Morgan fingerprint density at radius 2 is 1.66 bits per heavy atom. The van der Waals surface area contributed by atoms with Crippen LogP contribution in [0.15, 0.2) is 93.3 Å². The number of nitrogens with zero attached hydrogens (tertiary/aromatic N) is 2. The van der Waals surface area contributed by atoms with E-state index in [0.29, 0.717) is 11.4 Å². The quantitative estimate of drug-likeness (QED) is 0.325. The highest BCUT2D eigenvalue weighted by molar-refractivity contribution is 9.10. The standard InChI is InChI=1S/C23H21BrClN3O3S/c24-20-8-6-19(7-9-20)16-26-27-23(29)17-28(15-14-18-4-2-1-3-5-18)32(30,31)22-12-10-21(25)11-13-22/h1-13,16H,14-15,17H2,(H,27,29). The van der Waals surface area contributed by atoms with Gasteiger partial charge in [0.1, 0.15) is 0 Å². The molecular weight excluding hydrogens is 514 g/mol. The Bertz CT molecular complexity index is 1170. The molecule has 0 atom stereocenters. The maximum Gasteiger partial charge on any atom is 0.255 e. The van der Waals surface area contributed by atoms with E-state index in [9.17, 15) is 13.2 Å². The van der Waals surface area contributed by atoms with Crippen LogP contribution >= 0.6 is 27.5 Å². The minimum Gasteiger partial charge on any atom is -0.272 e. The Labute approximate surface area is 201 Å². The molecular formula is C23H21BrClN3O3S. The van der Waals surface area contributed by atoms with Gasteiger partial charge >= 0.3 is 0 Å². The van der Waals surface area contributed by atoms with Crippen LogP contribution in [0.4, 0.5) is 0 Å². The van der Waals surface area contributed by atoms with Gasteiger partial charge in [-0.2, -0.15) is 9.41 Å². The fourth-order valence-corrected chi connectivity index (χ4v) is 4.65. The number of hydrazone groups is 1. The first-order chi connectivity index (χ1) is 15.3. The summed E-state index contributed by atoms with van der Waals surface area (Å²) < 4.78 is 28.5. The summed E-state index contributed by atoms with van der Waals surface area (Å²) in [6.45, 7) is -0.228. The Kier molecular flexibility index (Phi) is 8.58. The van der Waals surface area contributed by atoms with E-state index in [0.717, 1.165) is 19.9 Å². The van der Waals surface area contributed by atoms with Gasteiger partial charge in [-0.05, 0) is 53.9 Å². The van der Waals surface area contributed by atoms with Crippen molar-refractivity contribution >= 4 is 49.7 Å². The number of hydrogen-bond acceptors (Lipinski definition) is 4. The summed E-state index contributed by atoms with van der Waals surface area (Å²) in [5, 5.41) is 4.36.